The quantitative estimate of drug-likeness (QED) is 0.563. The van der Waals surface area contributed by atoms with Crippen molar-refractivity contribution in [3.05, 3.63) is 64.8 Å². The van der Waals surface area contributed by atoms with Crippen LogP contribution in [0.2, 0.25) is 0 Å². The zero-order chi connectivity index (χ0) is 23.4. The second-order valence-corrected chi connectivity index (χ2v) is 8.75. The van der Waals surface area contributed by atoms with Gasteiger partial charge in [-0.1, -0.05) is 12.1 Å². The summed E-state index contributed by atoms with van der Waals surface area (Å²) in [5.74, 6) is 0.636. The van der Waals surface area contributed by atoms with Crippen molar-refractivity contribution in [1.82, 2.24) is 9.78 Å². The number of fused-ring (bicyclic) bond motifs is 3. The number of halogens is 3. The van der Waals surface area contributed by atoms with E-state index in [4.69, 9.17) is 9.47 Å². The lowest BCUT2D eigenvalue weighted by Gasteiger charge is -2.33. The van der Waals surface area contributed by atoms with Crippen LogP contribution in [-0.4, -0.2) is 28.7 Å². The van der Waals surface area contributed by atoms with E-state index in [9.17, 15) is 18.0 Å². The van der Waals surface area contributed by atoms with E-state index in [1.807, 2.05) is 18.2 Å². The van der Waals surface area contributed by atoms with Crippen LogP contribution in [0.25, 0.3) is 0 Å². The highest BCUT2D eigenvalue weighted by Gasteiger charge is 2.47. The fourth-order valence-electron chi connectivity index (χ4n) is 4.88. The molecule has 1 aromatic heterocycles. The minimum Gasteiger partial charge on any atom is -0.454 e. The summed E-state index contributed by atoms with van der Waals surface area (Å²) in [5, 5.41) is 9.90. The molecule has 176 valence electrons. The van der Waals surface area contributed by atoms with Gasteiger partial charge in [0.2, 0.25) is 6.79 Å². The molecule has 3 heterocycles. The van der Waals surface area contributed by atoms with E-state index < -0.39 is 24.2 Å². The van der Waals surface area contributed by atoms with Crippen molar-refractivity contribution in [3.8, 4) is 11.5 Å². The largest absolute Gasteiger partial charge is 0.454 e. The van der Waals surface area contributed by atoms with Crippen molar-refractivity contribution in [1.29, 1.82) is 0 Å². The van der Waals surface area contributed by atoms with Gasteiger partial charge in [0.1, 0.15) is 5.82 Å². The van der Waals surface area contributed by atoms with Crippen LogP contribution in [0, 0.1) is 0 Å². The number of aryl methyl sites for hydroxylation is 2. The lowest BCUT2D eigenvalue weighted by Crippen LogP contribution is -2.35. The third-order valence-corrected chi connectivity index (χ3v) is 6.58. The number of carbonyl (C=O) groups is 1. The number of benzene rings is 2. The van der Waals surface area contributed by atoms with Crippen LogP contribution in [0.1, 0.15) is 52.1 Å². The molecule has 0 unspecified atom stereocenters. The zero-order valence-electron chi connectivity index (χ0n) is 18.0. The predicted molar refractivity (Wildman–Crippen MR) is 117 cm³/mol. The molecule has 0 fully saturated rings. The number of aromatic nitrogens is 2. The van der Waals surface area contributed by atoms with Crippen LogP contribution in [0.5, 0.6) is 11.5 Å². The zero-order valence-corrected chi connectivity index (χ0v) is 18.0. The molecule has 2 N–H and O–H groups in total. The molecule has 7 nitrogen and oxygen atoms in total. The second kappa shape index (κ2) is 7.68. The van der Waals surface area contributed by atoms with E-state index >= 15 is 0 Å². The Balaban J connectivity index is 1.28. The van der Waals surface area contributed by atoms with Crippen LogP contribution in [0.4, 0.5) is 24.7 Å². The van der Waals surface area contributed by atoms with Gasteiger partial charge in [-0.15, -0.1) is 0 Å². The highest BCUT2D eigenvalue weighted by Crippen LogP contribution is 2.45. The Kier molecular flexibility index (Phi) is 4.72. The summed E-state index contributed by atoms with van der Waals surface area (Å²) >= 11 is 0. The summed E-state index contributed by atoms with van der Waals surface area (Å²) in [4.78, 5) is 12.8. The number of amides is 1. The first-order valence-electron chi connectivity index (χ1n) is 11.1. The maximum absolute atomic E-state index is 14.0. The standard InChI is InChI=1S/C24H21F3N4O3/c25-24(26,27)21-10-17(15-5-7-19-20(9-15)34-12-33-19)29-22-11-18(30-31(21)22)23(32)28-16-6-4-13-2-1-3-14(13)8-16/h4-9,11,17,21,29H,1-3,10,12H2,(H,28,32)/t17-,21+/m1/s1. The normalized spacial score (nSPS) is 20.4. The Morgan fingerprint density at radius 2 is 1.88 bits per heavy atom. The monoisotopic (exact) mass is 470 g/mol. The summed E-state index contributed by atoms with van der Waals surface area (Å²) in [6.07, 6.45) is -1.76. The van der Waals surface area contributed by atoms with Gasteiger partial charge >= 0.3 is 6.18 Å². The van der Waals surface area contributed by atoms with E-state index in [-0.39, 0.29) is 24.7 Å². The summed E-state index contributed by atoms with van der Waals surface area (Å²) < 4.78 is 53.5. The fourth-order valence-corrected chi connectivity index (χ4v) is 4.88. The van der Waals surface area contributed by atoms with Gasteiger partial charge in [-0.3, -0.25) is 4.79 Å². The van der Waals surface area contributed by atoms with Gasteiger partial charge < -0.3 is 20.1 Å². The number of ether oxygens (including phenoxy) is 2. The summed E-state index contributed by atoms with van der Waals surface area (Å²) in [5.41, 5.74) is 3.61. The average Bonchev–Trinajstić information content (AvgIpc) is 3.55. The van der Waals surface area contributed by atoms with Crippen LogP contribution in [0.3, 0.4) is 0 Å². The second-order valence-electron chi connectivity index (χ2n) is 8.75. The number of nitrogens with zero attached hydrogens (tertiary/aromatic N) is 2. The Bertz CT molecular complexity index is 1290. The van der Waals surface area contributed by atoms with Gasteiger partial charge in [-0.25, -0.2) is 4.68 Å². The predicted octanol–water partition coefficient (Wildman–Crippen LogP) is 5.01. The van der Waals surface area contributed by atoms with Crippen molar-refractivity contribution < 1.29 is 27.4 Å². The smallest absolute Gasteiger partial charge is 0.410 e. The number of hydrogen-bond acceptors (Lipinski definition) is 5. The molecule has 0 spiro atoms. The number of nitrogens with one attached hydrogen (secondary N) is 2. The molecule has 1 aliphatic carbocycles. The van der Waals surface area contributed by atoms with E-state index in [1.54, 1.807) is 18.2 Å². The molecule has 0 saturated heterocycles. The highest BCUT2D eigenvalue weighted by molar-refractivity contribution is 6.03. The lowest BCUT2D eigenvalue weighted by molar-refractivity contribution is -0.173. The van der Waals surface area contributed by atoms with Gasteiger partial charge in [-0.05, 0) is 60.2 Å². The molecule has 0 saturated carbocycles. The summed E-state index contributed by atoms with van der Waals surface area (Å²) in [7, 11) is 0. The van der Waals surface area contributed by atoms with Crippen molar-refractivity contribution in [2.45, 2.75) is 43.9 Å². The molecule has 34 heavy (non-hydrogen) atoms. The van der Waals surface area contributed by atoms with Crippen molar-refractivity contribution in [2.75, 3.05) is 17.4 Å². The first kappa shape index (κ1) is 20.9. The summed E-state index contributed by atoms with van der Waals surface area (Å²) in [6, 6.07) is 9.64. The molecule has 2 atom stereocenters. The lowest BCUT2D eigenvalue weighted by atomic mass is 9.96. The maximum Gasteiger partial charge on any atom is 0.410 e. The van der Waals surface area contributed by atoms with Crippen molar-refractivity contribution in [2.24, 2.45) is 0 Å². The summed E-state index contributed by atoms with van der Waals surface area (Å²) in [6.45, 7) is 0.0809. The Hall–Kier alpha value is -3.69. The first-order chi connectivity index (χ1) is 16.3. The number of alkyl halides is 3. The van der Waals surface area contributed by atoms with Gasteiger partial charge in [0.15, 0.2) is 23.2 Å². The molecule has 0 radical (unpaired) electrons. The van der Waals surface area contributed by atoms with E-state index in [0.29, 0.717) is 22.7 Å². The first-order valence-corrected chi connectivity index (χ1v) is 11.1. The van der Waals surface area contributed by atoms with Crippen molar-refractivity contribution >= 4 is 17.4 Å². The molecule has 6 rings (SSSR count). The molecule has 3 aromatic rings. The minimum absolute atomic E-state index is 0.0800. The number of hydrogen-bond donors (Lipinski definition) is 2. The topological polar surface area (TPSA) is 77.4 Å². The molecular formula is C24H21F3N4O3. The van der Waals surface area contributed by atoms with Gasteiger partial charge in [0.25, 0.3) is 5.91 Å². The maximum atomic E-state index is 14.0. The Morgan fingerprint density at radius 3 is 2.74 bits per heavy atom. The average molecular weight is 470 g/mol. The number of anilines is 2. The molecular weight excluding hydrogens is 449 g/mol. The Morgan fingerprint density at radius 1 is 1.06 bits per heavy atom. The van der Waals surface area contributed by atoms with E-state index in [2.05, 4.69) is 15.7 Å². The van der Waals surface area contributed by atoms with Crippen molar-refractivity contribution in [3.63, 3.8) is 0 Å². The third kappa shape index (κ3) is 3.63. The molecule has 2 aliphatic heterocycles. The van der Waals surface area contributed by atoms with Gasteiger partial charge in [0, 0.05) is 18.2 Å². The van der Waals surface area contributed by atoms with Crippen LogP contribution >= 0.6 is 0 Å². The minimum atomic E-state index is -4.54. The van der Waals surface area contributed by atoms with Crippen LogP contribution in [-0.2, 0) is 12.8 Å². The number of carbonyl (C=O) groups excluding carboxylic acids is 1. The van der Waals surface area contributed by atoms with E-state index in [1.165, 1.54) is 17.2 Å². The highest BCUT2D eigenvalue weighted by atomic mass is 19.4. The third-order valence-electron chi connectivity index (χ3n) is 6.58. The Labute approximate surface area is 192 Å². The SMILES string of the molecule is O=C(Nc1ccc2c(c1)CCC2)c1cc2n(n1)[C@H](C(F)(F)F)C[C@H](c1ccc3c(c1)OCO3)N2. The fraction of sp³-hybridized carbons (Fsp3) is 0.333. The molecule has 1 amide bonds. The molecule has 10 heteroatoms. The number of rotatable bonds is 3. The van der Waals surface area contributed by atoms with Gasteiger partial charge in [-0.2, -0.15) is 18.3 Å². The molecule has 0 bridgehead atoms. The molecule has 3 aliphatic rings. The van der Waals surface area contributed by atoms with Crippen LogP contribution < -0.4 is 20.1 Å². The van der Waals surface area contributed by atoms with E-state index in [0.717, 1.165) is 23.9 Å². The van der Waals surface area contributed by atoms with Crippen LogP contribution in [0.15, 0.2) is 42.5 Å². The molecule has 2 aromatic carbocycles. The van der Waals surface area contributed by atoms with Gasteiger partial charge in [0.05, 0.1) is 6.04 Å².